The molecule has 2 aromatic carbocycles. The number of H-pyrrole nitrogens is 1. The van der Waals surface area contributed by atoms with E-state index in [9.17, 15) is 18.4 Å². The molecule has 0 bridgehead atoms. The van der Waals surface area contributed by atoms with Gasteiger partial charge in [-0.05, 0) is 60.4 Å². The van der Waals surface area contributed by atoms with E-state index in [0.29, 0.717) is 41.6 Å². The highest BCUT2D eigenvalue weighted by Gasteiger charge is 2.25. The third kappa shape index (κ3) is 3.96. The lowest BCUT2D eigenvalue weighted by atomic mass is 10.0. The van der Waals surface area contributed by atoms with E-state index < -0.39 is 11.9 Å². The van der Waals surface area contributed by atoms with Gasteiger partial charge in [0.15, 0.2) is 0 Å². The molecule has 1 aliphatic rings. The first kappa shape index (κ1) is 19.4. The maximum absolute atomic E-state index is 14.4. The predicted octanol–water partition coefficient (Wildman–Crippen LogP) is 3.70. The lowest BCUT2D eigenvalue weighted by Gasteiger charge is -2.10. The zero-order valence-electron chi connectivity index (χ0n) is 15.3. The molecule has 1 saturated heterocycles. The SMILES string of the molecule is O=C(CCc1c(-c2ccc(F)cc2)[nH]c2c(F)cc(Cl)cc12)N[C@H]1CCNC1=O. The van der Waals surface area contributed by atoms with Crippen molar-refractivity contribution in [3.8, 4) is 11.3 Å². The highest BCUT2D eigenvalue weighted by molar-refractivity contribution is 6.31. The standard InChI is InChI=1S/C21H18ClF2N3O2/c22-12-9-15-14(5-6-18(28)26-17-7-8-25-21(17)29)19(27-20(15)16(24)10-12)11-1-3-13(23)4-2-11/h1-4,9-10,17,27H,5-8H2,(H,25,29)(H,26,28)/t17-/m0/s1. The van der Waals surface area contributed by atoms with Gasteiger partial charge in [-0.2, -0.15) is 0 Å². The van der Waals surface area contributed by atoms with Crippen LogP contribution >= 0.6 is 11.6 Å². The average Bonchev–Trinajstić information content (AvgIpc) is 3.24. The first-order valence-corrected chi connectivity index (χ1v) is 9.63. The molecule has 3 N–H and O–H groups in total. The van der Waals surface area contributed by atoms with Crippen LogP contribution in [-0.2, 0) is 16.0 Å². The minimum Gasteiger partial charge on any atom is -0.354 e. The van der Waals surface area contributed by atoms with Crippen molar-refractivity contribution in [1.82, 2.24) is 15.6 Å². The Morgan fingerprint density at radius 3 is 2.66 bits per heavy atom. The van der Waals surface area contributed by atoms with Gasteiger partial charge in [-0.1, -0.05) is 11.6 Å². The summed E-state index contributed by atoms with van der Waals surface area (Å²) < 4.78 is 27.8. The van der Waals surface area contributed by atoms with Gasteiger partial charge < -0.3 is 15.6 Å². The molecular weight excluding hydrogens is 400 g/mol. The van der Waals surface area contributed by atoms with Gasteiger partial charge in [0, 0.05) is 29.1 Å². The molecule has 2 amide bonds. The summed E-state index contributed by atoms with van der Waals surface area (Å²) in [5.41, 5.74) is 2.26. The maximum Gasteiger partial charge on any atom is 0.242 e. The molecule has 150 valence electrons. The molecule has 2 heterocycles. The molecule has 0 spiro atoms. The van der Waals surface area contributed by atoms with Gasteiger partial charge in [-0.15, -0.1) is 0 Å². The Balaban J connectivity index is 1.65. The fraction of sp³-hybridized carbons (Fsp3) is 0.238. The number of aromatic amines is 1. The second-order valence-electron chi connectivity index (χ2n) is 7.00. The van der Waals surface area contributed by atoms with Crippen molar-refractivity contribution < 1.29 is 18.4 Å². The molecule has 3 aromatic rings. The number of amides is 2. The third-order valence-electron chi connectivity index (χ3n) is 5.05. The molecule has 29 heavy (non-hydrogen) atoms. The number of aromatic nitrogens is 1. The summed E-state index contributed by atoms with van der Waals surface area (Å²) >= 11 is 6.04. The van der Waals surface area contributed by atoms with Crippen molar-refractivity contribution >= 4 is 34.3 Å². The Labute approximate surface area is 170 Å². The van der Waals surface area contributed by atoms with E-state index in [4.69, 9.17) is 11.6 Å². The first-order chi connectivity index (χ1) is 13.9. The van der Waals surface area contributed by atoms with Crippen LogP contribution in [0.15, 0.2) is 36.4 Å². The number of carbonyl (C=O) groups excluding carboxylic acids is 2. The molecule has 1 fully saturated rings. The van der Waals surface area contributed by atoms with E-state index in [-0.39, 0.29) is 34.6 Å². The van der Waals surface area contributed by atoms with Crippen molar-refractivity contribution in [3.05, 3.63) is 58.6 Å². The number of hydrogen-bond donors (Lipinski definition) is 3. The normalized spacial score (nSPS) is 16.2. The smallest absolute Gasteiger partial charge is 0.242 e. The Morgan fingerprint density at radius 1 is 1.21 bits per heavy atom. The summed E-state index contributed by atoms with van der Waals surface area (Å²) in [4.78, 5) is 27.0. The molecule has 0 aliphatic carbocycles. The summed E-state index contributed by atoms with van der Waals surface area (Å²) in [6, 6.07) is 8.15. The summed E-state index contributed by atoms with van der Waals surface area (Å²) in [6.07, 6.45) is 0.963. The van der Waals surface area contributed by atoms with Crippen LogP contribution in [0.2, 0.25) is 5.02 Å². The number of benzene rings is 2. The summed E-state index contributed by atoms with van der Waals surface area (Å²) in [5, 5.41) is 6.20. The monoisotopic (exact) mass is 417 g/mol. The number of carbonyl (C=O) groups is 2. The van der Waals surface area contributed by atoms with E-state index in [1.165, 1.54) is 18.2 Å². The second-order valence-corrected chi connectivity index (χ2v) is 7.43. The number of aryl methyl sites for hydroxylation is 1. The lowest BCUT2D eigenvalue weighted by molar-refractivity contribution is -0.127. The molecule has 0 unspecified atom stereocenters. The number of nitrogens with one attached hydrogen (secondary N) is 3. The van der Waals surface area contributed by atoms with Gasteiger partial charge in [0.25, 0.3) is 0 Å². The summed E-state index contributed by atoms with van der Waals surface area (Å²) in [6.45, 7) is 0.540. The van der Waals surface area contributed by atoms with E-state index in [2.05, 4.69) is 15.6 Å². The fourth-order valence-corrected chi connectivity index (χ4v) is 3.84. The number of halogens is 3. The Kier molecular flexibility index (Phi) is 5.24. The molecule has 8 heteroatoms. The Morgan fingerprint density at radius 2 is 1.97 bits per heavy atom. The fourth-order valence-electron chi connectivity index (χ4n) is 3.63. The molecule has 4 rings (SSSR count). The van der Waals surface area contributed by atoms with Gasteiger partial charge in [0.05, 0.1) is 5.52 Å². The molecule has 5 nitrogen and oxygen atoms in total. The molecule has 0 saturated carbocycles. The number of hydrogen-bond acceptors (Lipinski definition) is 2. The van der Waals surface area contributed by atoms with Crippen LogP contribution in [0.5, 0.6) is 0 Å². The average molecular weight is 418 g/mol. The zero-order valence-corrected chi connectivity index (χ0v) is 16.1. The molecular formula is C21H18ClF2N3O2. The predicted molar refractivity (Wildman–Crippen MR) is 107 cm³/mol. The van der Waals surface area contributed by atoms with Crippen LogP contribution in [0, 0.1) is 11.6 Å². The summed E-state index contributed by atoms with van der Waals surface area (Å²) in [7, 11) is 0. The van der Waals surface area contributed by atoms with Crippen LogP contribution in [-0.4, -0.2) is 29.4 Å². The highest BCUT2D eigenvalue weighted by Crippen LogP contribution is 2.34. The largest absolute Gasteiger partial charge is 0.354 e. The molecule has 1 aliphatic heterocycles. The minimum atomic E-state index is -0.520. The highest BCUT2D eigenvalue weighted by atomic mass is 35.5. The number of rotatable bonds is 5. The molecule has 1 atom stereocenters. The van der Waals surface area contributed by atoms with Crippen molar-refractivity contribution in [1.29, 1.82) is 0 Å². The van der Waals surface area contributed by atoms with Gasteiger partial charge in [0.2, 0.25) is 11.8 Å². The quantitative estimate of drug-likeness (QED) is 0.592. The molecule has 1 aromatic heterocycles. The topological polar surface area (TPSA) is 74.0 Å². The van der Waals surface area contributed by atoms with Crippen molar-refractivity contribution in [2.24, 2.45) is 0 Å². The lowest BCUT2D eigenvalue weighted by Crippen LogP contribution is -2.40. The van der Waals surface area contributed by atoms with E-state index in [1.807, 2.05) is 0 Å². The second kappa shape index (κ2) is 7.83. The van der Waals surface area contributed by atoms with Gasteiger partial charge in [-0.25, -0.2) is 8.78 Å². The van der Waals surface area contributed by atoms with Crippen molar-refractivity contribution in [3.63, 3.8) is 0 Å². The van der Waals surface area contributed by atoms with E-state index >= 15 is 0 Å². The number of fused-ring (bicyclic) bond motifs is 1. The summed E-state index contributed by atoms with van der Waals surface area (Å²) in [5.74, 6) is -1.34. The van der Waals surface area contributed by atoms with Crippen LogP contribution in [0.1, 0.15) is 18.4 Å². The van der Waals surface area contributed by atoms with Crippen molar-refractivity contribution in [2.45, 2.75) is 25.3 Å². The maximum atomic E-state index is 14.4. The van der Waals surface area contributed by atoms with E-state index in [0.717, 1.165) is 0 Å². The Bertz CT molecular complexity index is 1100. The Hall–Kier alpha value is -2.93. The van der Waals surface area contributed by atoms with Gasteiger partial charge in [-0.3, -0.25) is 9.59 Å². The molecule has 0 radical (unpaired) electrons. The van der Waals surface area contributed by atoms with Crippen LogP contribution < -0.4 is 10.6 Å². The zero-order chi connectivity index (χ0) is 20.5. The van der Waals surface area contributed by atoms with Crippen LogP contribution in [0.3, 0.4) is 0 Å². The van der Waals surface area contributed by atoms with Gasteiger partial charge in [0.1, 0.15) is 17.7 Å². The van der Waals surface area contributed by atoms with E-state index in [1.54, 1.807) is 18.2 Å². The third-order valence-corrected chi connectivity index (χ3v) is 5.27. The van der Waals surface area contributed by atoms with Crippen LogP contribution in [0.4, 0.5) is 8.78 Å². The van der Waals surface area contributed by atoms with Crippen molar-refractivity contribution in [2.75, 3.05) is 6.54 Å². The van der Waals surface area contributed by atoms with Gasteiger partial charge >= 0.3 is 0 Å². The minimum absolute atomic E-state index is 0.110. The van der Waals surface area contributed by atoms with Crippen LogP contribution in [0.25, 0.3) is 22.2 Å². The first-order valence-electron chi connectivity index (χ1n) is 9.25.